The highest BCUT2D eigenvalue weighted by Gasteiger charge is 2.45. The third-order valence-electron chi connectivity index (χ3n) is 6.01. The van der Waals surface area contributed by atoms with Gasteiger partial charge in [-0.05, 0) is 37.2 Å². The predicted octanol–water partition coefficient (Wildman–Crippen LogP) is 4.59. The van der Waals surface area contributed by atoms with Crippen molar-refractivity contribution in [2.24, 2.45) is 5.92 Å². The van der Waals surface area contributed by atoms with E-state index in [9.17, 15) is 9.90 Å². The summed E-state index contributed by atoms with van der Waals surface area (Å²) in [6, 6.07) is 8.65. The molecule has 3 unspecified atom stereocenters. The molecule has 4 nitrogen and oxygen atoms in total. The Hall–Kier alpha value is -1.72. The molecule has 1 N–H and O–H groups in total. The molecule has 3 atom stereocenters. The average Bonchev–Trinajstić information content (AvgIpc) is 3.27. The summed E-state index contributed by atoms with van der Waals surface area (Å²) in [5.41, 5.74) is 3.47. The van der Waals surface area contributed by atoms with Crippen LogP contribution in [0.2, 0.25) is 0 Å². The molecule has 0 bridgehead atoms. The minimum atomic E-state index is -0.676. The topological polar surface area (TPSA) is 53.4 Å². The number of carbonyl (C=O) groups is 1. The SMILES string of the molecule is CCc1ccc(-c2nc(CN3C(C(=O)O)CC4CCCCC43)cs2)cc1. The molecule has 0 amide bonds. The molecule has 1 aromatic heterocycles. The molecular formula is C21H26N2O2S. The van der Waals surface area contributed by atoms with Crippen molar-refractivity contribution < 1.29 is 9.90 Å². The van der Waals surface area contributed by atoms with E-state index < -0.39 is 5.97 Å². The molecule has 1 aliphatic carbocycles. The van der Waals surface area contributed by atoms with Gasteiger partial charge in [-0.15, -0.1) is 11.3 Å². The summed E-state index contributed by atoms with van der Waals surface area (Å²) >= 11 is 1.65. The lowest BCUT2D eigenvalue weighted by molar-refractivity contribution is -0.142. The van der Waals surface area contributed by atoms with Crippen molar-refractivity contribution in [2.75, 3.05) is 0 Å². The maximum Gasteiger partial charge on any atom is 0.320 e. The molecule has 4 rings (SSSR count). The van der Waals surface area contributed by atoms with Crippen molar-refractivity contribution in [1.29, 1.82) is 0 Å². The van der Waals surface area contributed by atoms with E-state index in [0.717, 1.165) is 35.5 Å². The van der Waals surface area contributed by atoms with Crippen LogP contribution >= 0.6 is 11.3 Å². The number of nitrogens with zero attached hydrogens (tertiary/aromatic N) is 2. The van der Waals surface area contributed by atoms with Gasteiger partial charge in [-0.1, -0.05) is 44.0 Å². The molecule has 2 aromatic rings. The maximum absolute atomic E-state index is 11.8. The van der Waals surface area contributed by atoms with Crippen molar-refractivity contribution in [2.45, 2.75) is 64.1 Å². The number of thiazole rings is 1. The van der Waals surface area contributed by atoms with Gasteiger partial charge in [0, 0.05) is 23.5 Å². The third-order valence-corrected chi connectivity index (χ3v) is 6.95. The van der Waals surface area contributed by atoms with Crippen molar-refractivity contribution in [3.8, 4) is 10.6 Å². The summed E-state index contributed by atoms with van der Waals surface area (Å²) in [6.45, 7) is 2.81. The number of aryl methyl sites for hydroxylation is 1. The molecule has 1 aromatic carbocycles. The van der Waals surface area contributed by atoms with Crippen LogP contribution in [0.4, 0.5) is 0 Å². The number of likely N-dealkylation sites (tertiary alicyclic amines) is 1. The Morgan fingerprint density at radius 1 is 1.27 bits per heavy atom. The number of hydrogen-bond donors (Lipinski definition) is 1. The number of aliphatic carboxylic acids is 1. The van der Waals surface area contributed by atoms with Gasteiger partial charge in [-0.3, -0.25) is 9.69 Å². The van der Waals surface area contributed by atoms with Gasteiger partial charge in [0.1, 0.15) is 11.0 Å². The lowest BCUT2D eigenvalue weighted by atomic mass is 9.85. The van der Waals surface area contributed by atoms with Crippen LogP contribution in [0.15, 0.2) is 29.6 Å². The monoisotopic (exact) mass is 370 g/mol. The second kappa shape index (κ2) is 7.49. The Morgan fingerprint density at radius 2 is 2.04 bits per heavy atom. The summed E-state index contributed by atoms with van der Waals surface area (Å²) in [7, 11) is 0. The van der Waals surface area contributed by atoms with Gasteiger partial charge < -0.3 is 5.11 Å². The van der Waals surface area contributed by atoms with E-state index in [-0.39, 0.29) is 6.04 Å². The number of benzene rings is 1. The highest BCUT2D eigenvalue weighted by Crippen LogP contribution is 2.40. The molecule has 2 heterocycles. The van der Waals surface area contributed by atoms with Gasteiger partial charge in [0.2, 0.25) is 0 Å². The summed E-state index contributed by atoms with van der Waals surface area (Å²) in [5.74, 6) is -0.130. The van der Waals surface area contributed by atoms with E-state index in [1.807, 2.05) is 0 Å². The fourth-order valence-corrected chi connectivity index (χ4v) is 5.42. The fraction of sp³-hybridized carbons (Fsp3) is 0.524. The summed E-state index contributed by atoms with van der Waals surface area (Å²) in [5, 5.41) is 12.8. The standard InChI is InChI=1S/C21H26N2O2S/c1-2-14-7-9-15(10-8-14)20-22-17(13-26-20)12-23-18-6-4-3-5-16(18)11-19(23)21(24)25/h7-10,13,16,18-19H,2-6,11-12H2,1H3,(H,24,25). The first-order valence-corrected chi connectivity index (χ1v) is 10.6. The molecule has 138 valence electrons. The zero-order valence-corrected chi connectivity index (χ0v) is 16.0. The van der Waals surface area contributed by atoms with Crippen LogP contribution in [0, 0.1) is 5.92 Å². The van der Waals surface area contributed by atoms with Gasteiger partial charge in [0.15, 0.2) is 0 Å². The molecule has 2 fully saturated rings. The number of carboxylic acids is 1. The van der Waals surface area contributed by atoms with Gasteiger partial charge in [0.25, 0.3) is 0 Å². The quantitative estimate of drug-likeness (QED) is 0.836. The Balaban J connectivity index is 1.52. The van der Waals surface area contributed by atoms with Crippen molar-refractivity contribution in [3.05, 3.63) is 40.9 Å². The number of rotatable bonds is 5. The Labute approximate surface area is 158 Å². The molecule has 26 heavy (non-hydrogen) atoms. The molecule has 2 aliphatic rings. The molecule has 0 radical (unpaired) electrons. The van der Waals surface area contributed by atoms with Crippen LogP contribution < -0.4 is 0 Å². The van der Waals surface area contributed by atoms with Crippen LogP contribution in [0.5, 0.6) is 0 Å². The minimum absolute atomic E-state index is 0.350. The van der Waals surface area contributed by atoms with Crippen molar-refractivity contribution in [3.63, 3.8) is 0 Å². The zero-order valence-electron chi connectivity index (χ0n) is 15.2. The van der Waals surface area contributed by atoms with E-state index in [2.05, 4.69) is 41.5 Å². The average molecular weight is 371 g/mol. The smallest absolute Gasteiger partial charge is 0.320 e. The van der Waals surface area contributed by atoms with Gasteiger partial charge in [0.05, 0.1) is 5.69 Å². The van der Waals surface area contributed by atoms with Gasteiger partial charge in [-0.2, -0.15) is 0 Å². The first kappa shape index (κ1) is 17.7. The maximum atomic E-state index is 11.8. The van der Waals surface area contributed by atoms with E-state index in [0.29, 0.717) is 18.5 Å². The molecule has 1 saturated heterocycles. The number of aromatic nitrogens is 1. The van der Waals surface area contributed by atoms with E-state index >= 15 is 0 Å². The molecule has 1 aliphatic heterocycles. The largest absolute Gasteiger partial charge is 0.480 e. The van der Waals surface area contributed by atoms with Crippen molar-refractivity contribution >= 4 is 17.3 Å². The van der Waals surface area contributed by atoms with E-state index in [4.69, 9.17) is 4.98 Å². The molecule has 0 spiro atoms. The van der Waals surface area contributed by atoms with Crippen LogP contribution in [-0.4, -0.2) is 33.0 Å². The van der Waals surface area contributed by atoms with Crippen LogP contribution in [-0.2, 0) is 17.8 Å². The Morgan fingerprint density at radius 3 is 2.77 bits per heavy atom. The summed E-state index contributed by atoms with van der Waals surface area (Å²) in [6.07, 6.45) is 6.61. The molecule has 1 saturated carbocycles. The van der Waals surface area contributed by atoms with Gasteiger partial charge in [-0.25, -0.2) is 4.98 Å². The second-order valence-electron chi connectivity index (χ2n) is 7.57. The second-order valence-corrected chi connectivity index (χ2v) is 8.43. The lowest BCUT2D eigenvalue weighted by Crippen LogP contribution is -2.41. The van der Waals surface area contributed by atoms with E-state index in [1.54, 1.807) is 11.3 Å². The van der Waals surface area contributed by atoms with Crippen LogP contribution in [0.25, 0.3) is 10.6 Å². The molecule has 5 heteroatoms. The van der Waals surface area contributed by atoms with Crippen molar-refractivity contribution in [1.82, 2.24) is 9.88 Å². The first-order chi connectivity index (χ1) is 12.7. The number of hydrogen-bond acceptors (Lipinski definition) is 4. The third kappa shape index (κ3) is 3.42. The van der Waals surface area contributed by atoms with Crippen LogP contribution in [0.1, 0.15) is 50.3 Å². The van der Waals surface area contributed by atoms with Gasteiger partial charge >= 0.3 is 5.97 Å². The minimum Gasteiger partial charge on any atom is -0.480 e. The Kier molecular flexibility index (Phi) is 5.09. The van der Waals surface area contributed by atoms with E-state index in [1.165, 1.54) is 24.8 Å². The highest BCUT2D eigenvalue weighted by molar-refractivity contribution is 7.13. The molecular weight excluding hydrogens is 344 g/mol. The first-order valence-electron chi connectivity index (χ1n) is 9.68. The fourth-order valence-electron chi connectivity index (χ4n) is 4.61. The Bertz CT molecular complexity index is 771. The highest BCUT2D eigenvalue weighted by atomic mass is 32.1. The number of carboxylic acid groups (broad SMARTS) is 1. The normalized spacial score (nSPS) is 26.0. The number of fused-ring (bicyclic) bond motifs is 1. The van der Waals surface area contributed by atoms with Crippen LogP contribution in [0.3, 0.4) is 0 Å². The predicted molar refractivity (Wildman–Crippen MR) is 104 cm³/mol. The zero-order chi connectivity index (χ0) is 18.1. The lowest BCUT2D eigenvalue weighted by Gasteiger charge is -2.32. The summed E-state index contributed by atoms with van der Waals surface area (Å²) in [4.78, 5) is 18.8. The summed E-state index contributed by atoms with van der Waals surface area (Å²) < 4.78 is 0.